The van der Waals surface area contributed by atoms with Crippen molar-refractivity contribution >= 4 is 12.4 Å². The van der Waals surface area contributed by atoms with E-state index in [9.17, 15) is 4.39 Å². The van der Waals surface area contributed by atoms with Crippen LogP contribution in [0.1, 0.15) is 24.5 Å². The Morgan fingerprint density at radius 1 is 1.42 bits per heavy atom. The molecular formula is C15H22ClFN2. The van der Waals surface area contributed by atoms with Crippen molar-refractivity contribution in [3.05, 3.63) is 35.1 Å². The standard InChI is InChI=1S/C15H21FN2.ClH/c1-15(6-7-17-10-15)11-18-8-5-13-12(9-18)3-2-4-14(13)16;/h2-4,17H,5-11H2,1H3;1H. The van der Waals surface area contributed by atoms with Gasteiger partial charge in [-0.3, -0.25) is 4.90 Å². The molecule has 1 N–H and O–H groups in total. The zero-order valence-electron chi connectivity index (χ0n) is 11.4. The van der Waals surface area contributed by atoms with Crippen LogP contribution in [0.3, 0.4) is 0 Å². The normalized spacial score (nSPS) is 26.8. The largest absolute Gasteiger partial charge is 0.316 e. The summed E-state index contributed by atoms with van der Waals surface area (Å²) in [6.45, 7) is 7.62. The summed E-state index contributed by atoms with van der Waals surface area (Å²) in [5.41, 5.74) is 2.50. The molecule has 2 nitrogen and oxygen atoms in total. The second-order valence-electron chi connectivity index (χ2n) is 6.08. The number of halogens is 2. The highest BCUT2D eigenvalue weighted by molar-refractivity contribution is 5.85. The Labute approximate surface area is 120 Å². The van der Waals surface area contributed by atoms with Gasteiger partial charge in [0, 0.05) is 26.2 Å². The average Bonchev–Trinajstić information content (AvgIpc) is 2.76. The SMILES string of the molecule is CC1(CN2CCc3c(F)cccc3C2)CCNC1.Cl. The quantitative estimate of drug-likeness (QED) is 0.898. The summed E-state index contributed by atoms with van der Waals surface area (Å²) >= 11 is 0. The maximum atomic E-state index is 13.7. The van der Waals surface area contributed by atoms with Gasteiger partial charge < -0.3 is 5.32 Å². The van der Waals surface area contributed by atoms with Crippen molar-refractivity contribution in [2.24, 2.45) is 5.41 Å². The topological polar surface area (TPSA) is 15.3 Å². The fourth-order valence-corrected chi connectivity index (χ4v) is 3.30. The molecule has 0 aromatic heterocycles. The van der Waals surface area contributed by atoms with Gasteiger partial charge in [0.15, 0.2) is 0 Å². The first-order valence-corrected chi connectivity index (χ1v) is 6.86. The lowest BCUT2D eigenvalue weighted by molar-refractivity contribution is 0.163. The molecule has 106 valence electrons. The van der Waals surface area contributed by atoms with Crippen LogP contribution in [-0.2, 0) is 13.0 Å². The monoisotopic (exact) mass is 284 g/mol. The number of rotatable bonds is 2. The van der Waals surface area contributed by atoms with Crippen LogP contribution in [0.2, 0.25) is 0 Å². The van der Waals surface area contributed by atoms with E-state index in [0.29, 0.717) is 5.41 Å². The van der Waals surface area contributed by atoms with Gasteiger partial charge in [-0.1, -0.05) is 19.1 Å². The lowest BCUT2D eigenvalue weighted by atomic mass is 9.88. The fourth-order valence-electron chi connectivity index (χ4n) is 3.30. The maximum absolute atomic E-state index is 13.7. The van der Waals surface area contributed by atoms with E-state index in [1.165, 1.54) is 12.0 Å². The predicted octanol–water partition coefficient (Wildman–Crippen LogP) is 2.61. The van der Waals surface area contributed by atoms with E-state index in [4.69, 9.17) is 0 Å². The van der Waals surface area contributed by atoms with E-state index < -0.39 is 0 Å². The molecule has 1 fully saturated rings. The van der Waals surface area contributed by atoms with Crippen LogP contribution in [0.5, 0.6) is 0 Å². The molecule has 1 aromatic rings. The van der Waals surface area contributed by atoms with E-state index in [-0.39, 0.29) is 18.2 Å². The Morgan fingerprint density at radius 2 is 2.26 bits per heavy atom. The Morgan fingerprint density at radius 3 is 3.00 bits per heavy atom. The molecule has 0 amide bonds. The van der Waals surface area contributed by atoms with Crippen LogP contribution >= 0.6 is 12.4 Å². The number of benzene rings is 1. The summed E-state index contributed by atoms with van der Waals surface area (Å²) in [6.07, 6.45) is 2.10. The number of hydrogen-bond acceptors (Lipinski definition) is 2. The van der Waals surface area contributed by atoms with Crippen LogP contribution in [-0.4, -0.2) is 31.1 Å². The molecule has 0 bridgehead atoms. The van der Waals surface area contributed by atoms with Gasteiger partial charge in [0.05, 0.1) is 0 Å². The van der Waals surface area contributed by atoms with Crippen LogP contribution in [0.4, 0.5) is 4.39 Å². The van der Waals surface area contributed by atoms with Crippen LogP contribution in [0.15, 0.2) is 18.2 Å². The van der Waals surface area contributed by atoms with E-state index in [1.807, 2.05) is 6.07 Å². The van der Waals surface area contributed by atoms with Crippen molar-refractivity contribution in [2.75, 3.05) is 26.2 Å². The zero-order chi connectivity index (χ0) is 12.6. The molecule has 1 aromatic carbocycles. The summed E-state index contributed by atoms with van der Waals surface area (Å²) in [5.74, 6) is -0.0269. The van der Waals surface area contributed by atoms with E-state index in [1.54, 1.807) is 6.07 Å². The van der Waals surface area contributed by atoms with E-state index >= 15 is 0 Å². The number of nitrogens with one attached hydrogen (secondary N) is 1. The van der Waals surface area contributed by atoms with Crippen molar-refractivity contribution < 1.29 is 4.39 Å². The minimum Gasteiger partial charge on any atom is -0.316 e. The zero-order valence-corrected chi connectivity index (χ0v) is 12.2. The first-order chi connectivity index (χ1) is 8.66. The molecule has 0 radical (unpaired) electrons. The number of nitrogens with zero attached hydrogens (tertiary/aromatic N) is 1. The molecule has 2 heterocycles. The Balaban J connectivity index is 0.00000133. The molecule has 0 aliphatic carbocycles. The first kappa shape index (κ1) is 14.8. The van der Waals surface area contributed by atoms with Crippen molar-refractivity contribution in [1.29, 1.82) is 0 Å². The van der Waals surface area contributed by atoms with E-state index in [0.717, 1.165) is 44.7 Å². The Bertz CT molecular complexity index is 444. The molecular weight excluding hydrogens is 263 g/mol. The van der Waals surface area contributed by atoms with Crippen LogP contribution < -0.4 is 5.32 Å². The molecule has 19 heavy (non-hydrogen) atoms. The molecule has 3 rings (SSSR count). The van der Waals surface area contributed by atoms with Gasteiger partial charge in [0.1, 0.15) is 5.82 Å². The Kier molecular flexibility index (Phi) is 4.49. The first-order valence-electron chi connectivity index (χ1n) is 6.86. The molecule has 2 aliphatic heterocycles. The second kappa shape index (κ2) is 5.78. The summed E-state index contributed by atoms with van der Waals surface area (Å²) in [7, 11) is 0. The van der Waals surface area contributed by atoms with Crippen LogP contribution in [0.25, 0.3) is 0 Å². The third kappa shape index (κ3) is 3.10. The van der Waals surface area contributed by atoms with Gasteiger partial charge in [0.2, 0.25) is 0 Å². The lowest BCUT2D eigenvalue weighted by Crippen LogP contribution is -2.40. The smallest absolute Gasteiger partial charge is 0.126 e. The van der Waals surface area contributed by atoms with Crippen molar-refractivity contribution in [2.45, 2.75) is 26.3 Å². The molecule has 4 heteroatoms. The van der Waals surface area contributed by atoms with Crippen molar-refractivity contribution in [1.82, 2.24) is 10.2 Å². The maximum Gasteiger partial charge on any atom is 0.126 e. The lowest BCUT2D eigenvalue weighted by Gasteiger charge is -2.35. The third-order valence-electron chi connectivity index (χ3n) is 4.35. The average molecular weight is 285 g/mol. The van der Waals surface area contributed by atoms with Crippen molar-refractivity contribution in [3.63, 3.8) is 0 Å². The minimum absolute atomic E-state index is 0. The predicted molar refractivity (Wildman–Crippen MR) is 78.2 cm³/mol. The summed E-state index contributed by atoms with van der Waals surface area (Å²) in [4.78, 5) is 2.48. The molecule has 2 aliphatic rings. The highest BCUT2D eigenvalue weighted by Gasteiger charge is 2.31. The molecule has 1 saturated heterocycles. The Hall–Kier alpha value is -0.640. The van der Waals surface area contributed by atoms with Gasteiger partial charge in [-0.15, -0.1) is 12.4 Å². The highest BCUT2D eigenvalue weighted by Crippen LogP contribution is 2.29. The molecule has 1 unspecified atom stereocenters. The molecule has 0 spiro atoms. The van der Waals surface area contributed by atoms with Gasteiger partial charge in [-0.2, -0.15) is 0 Å². The fraction of sp³-hybridized carbons (Fsp3) is 0.600. The summed E-state index contributed by atoms with van der Waals surface area (Å²) in [5, 5.41) is 3.44. The van der Waals surface area contributed by atoms with Gasteiger partial charge in [-0.25, -0.2) is 4.39 Å². The summed E-state index contributed by atoms with van der Waals surface area (Å²) in [6, 6.07) is 5.48. The van der Waals surface area contributed by atoms with Gasteiger partial charge in [-0.05, 0) is 42.0 Å². The van der Waals surface area contributed by atoms with E-state index in [2.05, 4.69) is 23.2 Å². The van der Waals surface area contributed by atoms with Crippen LogP contribution in [0, 0.1) is 11.2 Å². The number of hydrogen-bond donors (Lipinski definition) is 1. The van der Waals surface area contributed by atoms with Gasteiger partial charge in [0.25, 0.3) is 0 Å². The number of fused-ring (bicyclic) bond motifs is 1. The third-order valence-corrected chi connectivity index (χ3v) is 4.35. The molecule has 0 saturated carbocycles. The molecule has 1 atom stereocenters. The summed E-state index contributed by atoms with van der Waals surface area (Å²) < 4.78 is 13.7. The highest BCUT2D eigenvalue weighted by atomic mass is 35.5. The van der Waals surface area contributed by atoms with Crippen molar-refractivity contribution in [3.8, 4) is 0 Å². The van der Waals surface area contributed by atoms with Gasteiger partial charge >= 0.3 is 0 Å². The minimum atomic E-state index is -0.0269. The second-order valence-corrected chi connectivity index (χ2v) is 6.08.